The maximum Gasteiger partial charge on any atom is 0.435 e. The number of aryl methyl sites for hydroxylation is 3. The molecule has 33 heavy (non-hydrogen) atoms. The summed E-state index contributed by atoms with van der Waals surface area (Å²) >= 11 is 6.23. The molecule has 9 nitrogen and oxygen atoms in total. The van der Waals surface area contributed by atoms with Crippen molar-refractivity contribution in [3.8, 4) is 17.1 Å². The molecule has 0 aliphatic heterocycles. The van der Waals surface area contributed by atoms with Gasteiger partial charge in [0.25, 0.3) is 0 Å². The van der Waals surface area contributed by atoms with Crippen LogP contribution >= 0.6 is 11.6 Å². The zero-order valence-corrected chi connectivity index (χ0v) is 18.9. The number of halogens is 4. The second-order valence-electron chi connectivity index (χ2n) is 7.11. The summed E-state index contributed by atoms with van der Waals surface area (Å²) in [4.78, 5) is 16.5. The number of carbonyl (C=O) groups is 1. The van der Waals surface area contributed by atoms with Crippen molar-refractivity contribution in [2.24, 2.45) is 0 Å². The van der Waals surface area contributed by atoms with Crippen molar-refractivity contribution in [1.29, 1.82) is 0 Å². The Hall–Kier alpha value is -3.41. The van der Waals surface area contributed by atoms with Crippen LogP contribution < -0.4 is 15.4 Å². The molecule has 0 aliphatic rings. The number of nitrogens with one attached hydrogen (secondary N) is 3. The minimum atomic E-state index is -4.64. The number of pyridine rings is 1. The number of hydrogen-bond donors (Lipinski definition) is 3. The van der Waals surface area contributed by atoms with Gasteiger partial charge in [-0.15, -0.1) is 5.10 Å². The molecule has 176 valence electrons. The average molecular weight is 484 g/mol. The van der Waals surface area contributed by atoms with E-state index >= 15 is 0 Å². The Bertz CT molecular complexity index is 1180. The van der Waals surface area contributed by atoms with Crippen LogP contribution in [0.1, 0.15) is 35.3 Å². The van der Waals surface area contributed by atoms with E-state index in [0.717, 1.165) is 0 Å². The number of amides is 2. The molecule has 3 aromatic rings. The van der Waals surface area contributed by atoms with Crippen molar-refractivity contribution >= 4 is 23.3 Å². The van der Waals surface area contributed by atoms with Crippen molar-refractivity contribution in [1.82, 2.24) is 30.7 Å². The number of ether oxygens (including phenoxy) is 1. The Morgan fingerprint density at radius 2 is 1.94 bits per heavy atom. The van der Waals surface area contributed by atoms with Crippen molar-refractivity contribution in [3.05, 3.63) is 45.5 Å². The minimum absolute atomic E-state index is 0.0174. The number of carbonyl (C=O) groups excluding carboxylic acids is 1. The highest BCUT2D eigenvalue weighted by atomic mass is 35.5. The van der Waals surface area contributed by atoms with E-state index in [-0.39, 0.29) is 34.4 Å². The SMILES string of the molecule is CCOc1nc(C)cc(NC(=O)NCc2cc(C)c(-c3c(C(F)(F)F)n[nH]c3C)nn2)c1Cl. The summed E-state index contributed by atoms with van der Waals surface area (Å²) in [5.41, 5.74) is 0.793. The molecular weight excluding hydrogens is 463 g/mol. The fourth-order valence-electron chi connectivity index (χ4n) is 3.09. The van der Waals surface area contributed by atoms with E-state index < -0.39 is 17.9 Å². The number of rotatable bonds is 6. The van der Waals surface area contributed by atoms with Gasteiger partial charge in [0.1, 0.15) is 5.02 Å². The number of nitrogens with zero attached hydrogens (tertiary/aromatic N) is 4. The second kappa shape index (κ2) is 9.61. The van der Waals surface area contributed by atoms with E-state index in [0.29, 0.717) is 29.2 Å². The summed E-state index contributed by atoms with van der Waals surface area (Å²) < 4.78 is 45.1. The van der Waals surface area contributed by atoms with Gasteiger partial charge in [-0.25, -0.2) is 9.78 Å². The molecule has 3 aromatic heterocycles. The Morgan fingerprint density at radius 3 is 2.58 bits per heavy atom. The Kier molecular flexibility index (Phi) is 7.06. The number of aromatic amines is 1. The maximum absolute atomic E-state index is 13.3. The predicted molar refractivity (Wildman–Crippen MR) is 115 cm³/mol. The van der Waals surface area contributed by atoms with Crippen molar-refractivity contribution in [2.75, 3.05) is 11.9 Å². The van der Waals surface area contributed by atoms with Gasteiger partial charge < -0.3 is 15.4 Å². The monoisotopic (exact) mass is 483 g/mol. The van der Waals surface area contributed by atoms with E-state index in [9.17, 15) is 18.0 Å². The van der Waals surface area contributed by atoms with E-state index in [2.05, 4.69) is 36.0 Å². The van der Waals surface area contributed by atoms with Crippen LogP contribution in [0, 0.1) is 20.8 Å². The topological polar surface area (TPSA) is 118 Å². The lowest BCUT2D eigenvalue weighted by Gasteiger charge is -2.13. The van der Waals surface area contributed by atoms with Crippen LogP contribution in [-0.2, 0) is 12.7 Å². The molecule has 3 N–H and O–H groups in total. The quantitative estimate of drug-likeness (QED) is 0.472. The van der Waals surface area contributed by atoms with Crippen LogP contribution in [-0.4, -0.2) is 38.0 Å². The molecule has 0 aliphatic carbocycles. The molecule has 0 spiro atoms. The van der Waals surface area contributed by atoms with Gasteiger partial charge in [-0.3, -0.25) is 5.10 Å². The van der Waals surface area contributed by atoms with E-state index in [1.807, 2.05) is 0 Å². The molecule has 0 bridgehead atoms. The zero-order valence-electron chi connectivity index (χ0n) is 18.2. The third-order valence-corrected chi connectivity index (χ3v) is 4.87. The summed E-state index contributed by atoms with van der Waals surface area (Å²) in [5, 5.41) is 19.0. The number of anilines is 1. The fourth-order valence-corrected chi connectivity index (χ4v) is 3.29. The third-order valence-electron chi connectivity index (χ3n) is 4.50. The maximum atomic E-state index is 13.3. The average Bonchev–Trinajstić information content (AvgIpc) is 3.12. The lowest BCUT2D eigenvalue weighted by Crippen LogP contribution is -2.29. The molecule has 0 radical (unpaired) electrons. The first-order chi connectivity index (χ1) is 15.5. The molecule has 0 aromatic carbocycles. The summed E-state index contributed by atoms with van der Waals surface area (Å²) in [6, 6.07) is 2.57. The third kappa shape index (κ3) is 5.51. The highest BCUT2D eigenvalue weighted by Gasteiger charge is 2.38. The molecule has 0 atom stereocenters. The highest BCUT2D eigenvalue weighted by molar-refractivity contribution is 6.35. The first kappa shape index (κ1) is 24.2. The first-order valence-corrected chi connectivity index (χ1v) is 10.2. The van der Waals surface area contributed by atoms with E-state index in [4.69, 9.17) is 16.3 Å². The lowest BCUT2D eigenvalue weighted by molar-refractivity contribution is -0.140. The number of H-pyrrole nitrogens is 1. The normalized spacial score (nSPS) is 11.4. The van der Waals surface area contributed by atoms with Crippen molar-refractivity contribution in [3.63, 3.8) is 0 Å². The van der Waals surface area contributed by atoms with Gasteiger partial charge in [-0.1, -0.05) is 11.6 Å². The van der Waals surface area contributed by atoms with E-state index in [1.165, 1.54) is 6.92 Å². The van der Waals surface area contributed by atoms with Gasteiger partial charge in [0, 0.05) is 11.4 Å². The molecular formula is C20H21ClF3N7O2. The fraction of sp³-hybridized carbons (Fsp3) is 0.350. The van der Waals surface area contributed by atoms with Gasteiger partial charge >= 0.3 is 12.2 Å². The smallest absolute Gasteiger partial charge is 0.435 e. The van der Waals surface area contributed by atoms with Gasteiger partial charge in [-0.2, -0.15) is 23.4 Å². The van der Waals surface area contributed by atoms with Crippen LogP contribution in [0.4, 0.5) is 23.7 Å². The van der Waals surface area contributed by atoms with Crippen molar-refractivity contribution < 1.29 is 22.7 Å². The second-order valence-corrected chi connectivity index (χ2v) is 7.49. The highest BCUT2D eigenvalue weighted by Crippen LogP contribution is 2.37. The van der Waals surface area contributed by atoms with Crippen LogP contribution in [0.5, 0.6) is 5.88 Å². The molecule has 0 fully saturated rings. The molecule has 13 heteroatoms. The van der Waals surface area contributed by atoms with Gasteiger partial charge in [0.05, 0.1) is 35.8 Å². The number of hydrogen-bond acceptors (Lipinski definition) is 6. The number of aromatic nitrogens is 5. The zero-order chi connectivity index (χ0) is 24.3. The molecule has 0 saturated carbocycles. The largest absolute Gasteiger partial charge is 0.477 e. The molecule has 2 amide bonds. The van der Waals surface area contributed by atoms with Gasteiger partial charge in [0.2, 0.25) is 5.88 Å². The van der Waals surface area contributed by atoms with Crippen LogP contribution in [0.3, 0.4) is 0 Å². The summed E-state index contributed by atoms with van der Waals surface area (Å²) in [6.07, 6.45) is -4.64. The Morgan fingerprint density at radius 1 is 1.21 bits per heavy atom. The van der Waals surface area contributed by atoms with Gasteiger partial charge in [0.15, 0.2) is 5.69 Å². The molecule has 0 unspecified atom stereocenters. The molecule has 3 heterocycles. The van der Waals surface area contributed by atoms with Crippen LogP contribution in [0.25, 0.3) is 11.3 Å². The standard InChI is InChI=1S/C20H21ClF3N7O2/c1-5-33-18-15(21)13(7-10(3)26-18)27-19(32)25-8-12-6-9(2)16(30-29-12)14-11(4)28-31-17(14)20(22,23)24/h6-7H,5,8H2,1-4H3,(H,28,31)(H2,25,26,27,32). The summed E-state index contributed by atoms with van der Waals surface area (Å²) in [6.45, 7) is 6.94. The first-order valence-electron chi connectivity index (χ1n) is 9.81. The number of urea groups is 1. The van der Waals surface area contributed by atoms with Gasteiger partial charge in [-0.05, 0) is 45.4 Å². The molecule has 0 saturated heterocycles. The Labute approximate surface area is 192 Å². The summed E-state index contributed by atoms with van der Waals surface area (Å²) in [7, 11) is 0. The predicted octanol–water partition coefficient (Wildman–Crippen LogP) is 4.58. The molecule has 3 rings (SSSR count). The van der Waals surface area contributed by atoms with E-state index in [1.54, 1.807) is 32.9 Å². The van der Waals surface area contributed by atoms with Crippen LogP contribution in [0.15, 0.2) is 12.1 Å². The summed E-state index contributed by atoms with van der Waals surface area (Å²) in [5.74, 6) is 0.208. The minimum Gasteiger partial charge on any atom is -0.477 e. The Balaban J connectivity index is 1.72. The number of alkyl halides is 3. The lowest BCUT2D eigenvalue weighted by atomic mass is 10.0. The van der Waals surface area contributed by atoms with Crippen molar-refractivity contribution in [2.45, 2.75) is 40.4 Å². The van der Waals surface area contributed by atoms with Crippen LogP contribution in [0.2, 0.25) is 5.02 Å².